The lowest BCUT2D eigenvalue weighted by Gasteiger charge is -2.16. The Morgan fingerprint density at radius 2 is 1.94 bits per heavy atom. The SMILES string of the molecule is C=CC[C@@H](NC(=O)[C@@H](O)c1ccccc1)C(=O)O. The molecule has 0 bridgehead atoms. The van der Waals surface area contributed by atoms with E-state index in [9.17, 15) is 14.7 Å². The highest BCUT2D eigenvalue weighted by molar-refractivity contribution is 5.87. The first kappa shape index (κ1) is 13.9. The fraction of sp³-hybridized carbons (Fsp3) is 0.231. The predicted octanol–water partition coefficient (Wildman–Crippen LogP) is 0.865. The summed E-state index contributed by atoms with van der Waals surface area (Å²) in [7, 11) is 0. The average Bonchev–Trinajstić information content (AvgIpc) is 2.38. The molecule has 0 unspecified atom stereocenters. The van der Waals surface area contributed by atoms with Crippen molar-refractivity contribution in [1.29, 1.82) is 0 Å². The number of benzene rings is 1. The summed E-state index contributed by atoms with van der Waals surface area (Å²) in [6.45, 7) is 3.42. The second-order valence-corrected chi connectivity index (χ2v) is 3.74. The number of carbonyl (C=O) groups is 2. The summed E-state index contributed by atoms with van der Waals surface area (Å²) in [4.78, 5) is 22.5. The maximum Gasteiger partial charge on any atom is 0.326 e. The first-order chi connectivity index (χ1) is 8.56. The molecule has 5 nitrogen and oxygen atoms in total. The molecular weight excluding hydrogens is 234 g/mol. The molecule has 18 heavy (non-hydrogen) atoms. The fourth-order valence-corrected chi connectivity index (χ4v) is 1.43. The van der Waals surface area contributed by atoms with Gasteiger partial charge < -0.3 is 15.5 Å². The van der Waals surface area contributed by atoms with Gasteiger partial charge in [-0.25, -0.2) is 4.79 Å². The van der Waals surface area contributed by atoms with Gasteiger partial charge in [0.1, 0.15) is 6.04 Å². The van der Waals surface area contributed by atoms with Crippen LogP contribution in [-0.4, -0.2) is 28.1 Å². The second-order valence-electron chi connectivity index (χ2n) is 3.74. The molecule has 0 spiro atoms. The van der Waals surface area contributed by atoms with Crippen LogP contribution in [-0.2, 0) is 9.59 Å². The largest absolute Gasteiger partial charge is 0.480 e. The monoisotopic (exact) mass is 249 g/mol. The fourth-order valence-electron chi connectivity index (χ4n) is 1.43. The van der Waals surface area contributed by atoms with Crippen molar-refractivity contribution < 1.29 is 19.8 Å². The Labute approximate surface area is 105 Å². The molecule has 5 heteroatoms. The third-order valence-electron chi connectivity index (χ3n) is 2.38. The maximum absolute atomic E-state index is 11.7. The minimum Gasteiger partial charge on any atom is -0.480 e. The molecule has 0 fully saturated rings. The number of amides is 1. The zero-order valence-corrected chi connectivity index (χ0v) is 9.74. The molecule has 0 aliphatic carbocycles. The van der Waals surface area contributed by atoms with Crippen LogP contribution >= 0.6 is 0 Å². The standard InChI is InChI=1S/C13H15NO4/c1-2-6-10(13(17)18)14-12(16)11(15)9-7-4-3-5-8-9/h2-5,7-8,10-11,15H,1,6H2,(H,14,16)(H,17,18)/t10-,11+/m1/s1. The number of hydrogen-bond donors (Lipinski definition) is 3. The highest BCUT2D eigenvalue weighted by atomic mass is 16.4. The van der Waals surface area contributed by atoms with Crippen LogP contribution in [0.5, 0.6) is 0 Å². The Bertz CT molecular complexity index is 430. The summed E-state index contributed by atoms with van der Waals surface area (Å²) in [5.74, 6) is -1.90. The molecule has 1 rings (SSSR count). The number of aliphatic hydroxyl groups excluding tert-OH is 1. The summed E-state index contributed by atoms with van der Waals surface area (Å²) in [5, 5.41) is 20.9. The van der Waals surface area contributed by atoms with E-state index >= 15 is 0 Å². The number of aliphatic carboxylic acids is 1. The van der Waals surface area contributed by atoms with E-state index in [0.717, 1.165) is 0 Å². The highest BCUT2D eigenvalue weighted by Gasteiger charge is 2.23. The molecule has 1 amide bonds. The molecule has 96 valence electrons. The van der Waals surface area contributed by atoms with E-state index in [4.69, 9.17) is 5.11 Å². The van der Waals surface area contributed by atoms with E-state index < -0.39 is 24.0 Å². The molecule has 0 radical (unpaired) electrons. The van der Waals surface area contributed by atoms with Crippen LogP contribution in [0.4, 0.5) is 0 Å². The van der Waals surface area contributed by atoms with Crippen LogP contribution in [0.25, 0.3) is 0 Å². The van der Waals surface area contributed by atoms with Crippen molar-refractivity contribution in [2.45, 2.75) is 18.6 Å². The minimum atomic E-state index is -1.38. The van der Waals surface area contributed by atoms with E-state index in [2.05, 4.69) is 11.9 Å². The Morgan fingerprint density at radius 1 is 1.33 bits per heavy atom. The Kier molecular flexibility index (Phi) is 5.07. The molecule has 0 aliphatic heterocycles. The third kappa shape index (κ3) is 3.71. The van der Waals surface area contributed by atoms with Crippen LogP contribution < -0.4 is 5.32 Å². The summed E-state index contributed by atoms with van der Waals surface area (Å²) in [6.07, 6.45) is 0.120. The van der Waals surface area contributed by atoms with Gasteiger partial charge in [0, 0.05) is 0 Å². The number of carboxylic acid groups (broad SMARTS) is 1. The first-order valence-electron chi connectivity index (χ1n) is 5.43. The van der Waals surface area contributed by atoms with Crippen molar-refractivity contribution in [2.24, 2.45) is 0 Å². The molecule has 0 aliphatic rings. The van der Waals surface area contributed by atoms with Gasteiger partial charge in [-0.1, -0.05) is 36.4 Å². The first-order valence-corrected chi connectivity index (χ1v) is 5.43. The minimum absolute atomic E-state index is 0.0998. The van der Waals surface area contributed by atoms with Crippen molar-refractivity contribution in [2.75, 3.05) is 0 Å². The topological polar surface area (TPSA) is 86.6 Å². The molecule has 0 saturated heterocycles. The summed E-state index contributed by atoms with van der Waals surface area (Å²) in [6, 6.07) is 7.23. The predicted molar refractivity (Wildman–Crippen MR) is 65.8 cm³/mol. The zero-order chi connectivity index (χ0) is 13.5. The van der Waals surface area contributed by atoms with E-state index in [1.807, 2.05) is 0 Å². The Morgan fingerprint density at radius 3 is 2.44 bits per heavy atom. The molecule has 1 aromatic rings. The zero-order valence-electron chi connectivity index (χ0n) is 9.74. The maximum atomic E-state index is 11.7. The Hall–Kier alpha value is -2.14. The van der Waals surface area contributed by atoms with Gasteiger partial charge in [0.2, 0.25) is 0 Å². The summed E-state index contributed by atoms with van der Waals surface area (Å²) >= 11 is 0. The number of carboxylic acids is 1. The van der Waals surface area contributed by atoms with Crippen molar-refractivity contribution >= 4 is 11.9 Å². The number of nitrogens with one attached hydrogen (secondary N) is 1. The van der Waals surface area contributed by atoms with Gasteiger partial charge in [-0.05, 0) is 12.0 Å². The van der Waals surface area contributed by atoms with Gasteiger partial charge >= 0.3 is 5.97 Å². The van der Waals surface area contributed by atoms with Crippen molar-refractivity contribution in [3.05, 3.63) is 48.6 Å². The van der Waals surface area contributed by atoms with Crippen molar-refractivity contribution in [3.8, 4) is 0 Å². The molecule has 1 aromatic carbocycles. The van der Waals surface area contributed by atoms with Gasteiger partial charge in [-0.15, -0.1) is 6.58 Å². The lowest BCUT2D eigenvalue weighted by atomic mass is 10.1. The van der Waals surface area contributed by atoms with E-state index in [0.29, 0.717) is 5.56 Å². The number of aliphatic hydroxyl groups is 1. The number of rotatable bonds is 6. The molecule has 2 atom stereocenters. The molecule has 3 N–H and O–H groups in total. The van der Waals surface area contributed by atoms with Gasteiger partial charge in [0.25, 0.3) is 5.91 Å². The number of hydrogen-bond acceptors (Lipinski definition) is 3. The van der Waals surface area contributed by atoms with Crippen LogP contribution in [0.2, 0.25) is 0 Å². The van der Waals surface area contributed by atoms with E-state index in [-0.39, 0.29) is 6.42 Å². The lowest BCUT2D eigenvalue weighted by molar-refractivity contribution is -0.143. The second kappa shape index (κ2) is 6.56. The molecule has 0 aromatic heterocycles. The van der Waals surface area contributed by atoms with Crippen LogP contribution in [0.3, 0.4) is 0 Å². The summed E-state index contributed by atoms with van der Waals surface area (Å²) < 4.78 is 0. The van der Waals surface area contributed by atoms with Gasteiger partial charge in [-0.2, -0.15) is 0 Å². The van der Waals surface area contributed by atoms with Crippen LogP contribution in [0.1, 0.15) is 18.1 Å². The lowest BCUT2D eigenvalue weighted by Crippen LogP contribution is -2.42. The van der Waals surface area contributed by atoms with E-state index in [1.165, 1.54) is 6.08 Å². The normalized spacial score (nSPS) is 13.4. The van der Waals surface area contributed by atoms with E-state index in [1.54, 1.807) is 30.3 Å². The van der Waals surface area contributed by atoms with Crippen LogP contribution in [0.15, 0.2) is 43.0 Å². The number of carbonyl (C=O) groups excluding carboxylic acids is 1. The third-order valence-corrected chi connectivity index (χ3v) is 2.38. The van der Waals surface area contributed by atoms with Crippen molar-refractivity contribution in [3.63, 3.8) is 0 Å². The molecular formula is C13H15NO4. The molecule has 0 saturated carbocycles. The van der Waals surface area contributed by atoms with Gasteiger partial charge in [-0.3, -0.25) is 4.79 Å². The van der Waals surface area contributed by atoms with Crippen LogP contribution in [0, 0.1) is 0 Å². The highest BCUT2D eigenvalue weighted by Crippen LogP contribution is 2.12. The Balaban J connectivity index is 2.70. The average molecular weight is 249 g/mol. The van der Waals surface area contributed by atoms with Gasteiger partial charge in [0.05, 0.1) is 0 Å². The van der Waals surface area contributed by atoms with Gasteiger partial charge in [0.15, 0.2) is 6.10 Å². The summed E-state index contributed by atoms with van der Waals surface area (Å²) in [5.41, 5.74) is 0.415. The van der Waals surface area contributed by atoms with Crippen molar-refractivity contribution in [1.82, 2.24) is 5.32 Å². The quantitative estimate of drug-likeness (QED) is 0.653. The molecule has 0 heterocycles. The smallest absolute Gasteiger partial charge is 0.326 e.